The molecule has 1 N–H and O–H groups in total. The topological polar surface area (TPSA) is 106 Å². The molecule has 0 radical (unpaired) electrons. The van der Waals surface area contributed by atoms with Gasteiger partial charge in [-0.25, -0.2) is 17.9 Å². The first kappa shape index (κ1) is 20.5. The molecular formula is C18H21N3O5S. The van der Waals surface area contributed by atoms with Crippen LogP contribution in [0.1, 0.15) is 22.8 Å². The summed E-state index contributed by atoms with van der Waals surface area (Å²) in [7, 11) is -2.38. The number of carbonyl (C=O) groups excluding carboxylic acids is 2. The molecule has 144 valence electrons. The van der Waals surface area contributed by atoms with E-state index in [1.165, 1.54) is 29.2 Å². The first-order valence-corrected chi connectivity index (χ1v) is 9.71. The van der Waals surface area contributed by atoms with Gasteiger partial charge in [0.1, 0.15) is 0 Å². The maximum atomic E-state index is 12.4. The Labute approximate surface area is 158 Å². The summed E-state index contributed by atoms with van der Waals surface area (Å²) in [6.45, 7) is 1.76. The smallest absolute Gasteiger partial charge is 0.338 e. The third-order valence-corrected chi connectivity index (χ3v) is 5.04. The minimum Gasteiger partial charge on any atom is -0.462 e. The maximum Gasteiger partial charge on any atom is 0.338 e. The van der Waals surface area contributed by atoms with Gasteiger partial charge in [0.2, 0.25) is 15.9 Å². The summed E-state index contributed by atoms with van der Waals surface area (Å²) >= 11 is 0. The molecule has 0 saturated heterocycles. The van der Waals surface area contributed by atoms with Crippen LogP contribution < -0.4 is 4.72 Å². The monoisotopic (exact) mass is 391 g/mol. The minimum absolute atomic E-state index is 0.115. The molecule has 0 atom stereocenters. The van der Waals surface area contributed by atoms with E-state index in [4.69, 9.17) is 4.74 Å². The van der Waals surface area contributed by atoms with Gasteiger partial charge in [0.25, 0.3) is 0 Å². The lowest BCUT2D eigenvalue weighted by molar-refractivity contribution is -0.129. The van der Waals surface area contributed by atoms with Gasteiger partial charge in [0, 0.05) is 26.0 Å². The summed E-state index contributed by atoms with van der Waals surface area (Å²) < 4.78 is 31.9. The molecule has 0 aliphatic rings. The van der Waals surface area contributed by atoms with E-state index in [0.717, 1.165) is 5.56 Å². The maximum absolute atomic E-state index is 12.4. The van der Waals surface area contributed by atoms with Crippen molar-refractivity contribution in [2.24, 2.45) is 0 Å². The van der Waals surface area contributed by atoms with Crippen LogP contribution >= 0.6 is 0 Å². The molecule has 0 saturated carbocycles. The second-order valence-corrected chi connectivity index (χ2v) is 7.45. The Bertz CT molecular complexity index is 900. The molecule has 1 heterocycles. The summed E-state index contributed by atoms with van der Waals surface area (Å²) in [6, 6.07) is 9.04. The predicted molar refractivity (Wildman–Crippen MR) is 98.3 cm³/mol. The summed E-state index contributed by atoms with van der Waals surface area (Å²) in [5, 5.41) is 0. The molecule has 0 fully saturated rings. The van der Waals surface area contributed by atoms with Crippen LogP contribution in [0.5, 0.6) is 0 Å². The van der Waals surface area contributed by atoms with Gasteiger partial charge in [-0.1, -0.05) is 12.1 Å². The van der Waals surface area contributed by atoms with Crippen LogP contribution in [0.25, 0.3) is 0 Å². The van der Waals surface area contributed by atoms with E-state index in [0.29, 0.717) is 6.54 Å². The van der Waals surface area contributed by atoms with Gasteiger partial charge >= 0.3 is 5.97 Å². The number of hydrogen-bond donors (Lipinski definition) is 1. The number of nitrogens with one attached hydrogen (secondary N) is 1. The fourth-order valence-corrected chi connectivity index (χ4v) is 3.25. The van der Waals surface area contributed by atoms with Crippen LogP contribution in [-0.2, 0) is 26.1 Å². The van der Waals surface area contributed by atoms with Crippen molar-refractivity contribution in [3.8, 4) is 0 Å². The number of carbonyl (C=O) groups is 2. The fraction of sp³-hybridized carbons (Fsp3) is 0.278. The molecule has 2 rings (SSSR count). The highest BCUT2D eigenvalue weighted by Crippen LogP contribution is 2.12. The van der Waals surface area contributed by atoms with Gasteiger partial charge in [0.15, 0.2) is 0 Å². The molecule has 8 nitrogen and oxygen atoms in total. The highest BCUT2D eigenvalue weighted by atomic mass is 32.2. The van der Waals surface area contributed by atoms with Crippen molar-refractivity contribution in [2.45, 2.75) is 18.4 Å². The zero-order valence-electron chi connectivity index (χ0n) is 15.1. The van der Waals surface area contributed by atoms with Crippen molar-refractivity contribution in [1.82, 2.24) is 14.6 Å². The highest BCUT2D eigenvalue weighted by Gasteiger charge is 2.19. The predicted octanol–water partition coefficient (Wildman–Crippen LogP) is 1.20. The van der Waals surface area contributed by atoms with Crippen molar-refractivity contribution >= 4 is 21.9 Å². The second kappa shape index (κ2) is 9.24. The van der Waals surface area contributed by atoms with E-state index in [1.807, 2.05) is 6.07 Å². The van der Waals surface area contributed by atoms with Gasteiger partial charge in [-0.05, 0) is 36.8 Å². The number of benzene rings is 1. The number of nitrogens with zero attached hydrogens (tertiary/aromatic N) is 2. The quantitative estimate of drug-likeness (QED) is 0.678. The van der Waals surface area contributed by atoms with Crippen LogP contribution in [0.3, 0.4) is 0 Å². The van der Waals surface area contributed by atoms with Gasteiger partial charge in [0.05, 0.1) is 23.6 Å². The zero-order chi connectivity index (χ0) is 19.9. The van der Waals surface area contributed by atoms with Crippen LogP contribution in [0.4, 0.5) is 0 Å². The van der Waals surface area contributed by atoms with Crippen LogP contribution in [0.2, 0.25) is 0 Å². The number of aromatic nitrogens is 1. The van der Waals surface area contributed by atoms with Gasteiger partial charge in [-0.3, -0.25) is 9.78 Å². The Morgan fingerprint density at radius 2 is 2.00 bits per heavy atom. The lowest BCUT2D eigenvalue weighted by Crippen LogP contribution is -2.37. The lowest BCUT2D eigenvalue weighted by Gasteiger charge is -2.17. The standard InChI is InChI=1S/C18H21N3O5S/c1-3-26-18(23)15-7-4-8-16(10-15)27(24,25)20-12-17(22)21(2)13-14-6-5-9-19-11-14/h4-11,20H,3,12-13H2,1-2H3. The summed E-state index contributed by atoms with van der Waals surface area (Å²) in [6.07, 6.45) is 3.26. The Hall–Kier alpha value is -2.78. The van der Waals surface area contributed by atoms with Crippen LogP contribution in [0.15, 0.2) is 53.7 Å². The summed E-state index contributed by atoms with van der Waals surface area (Å²) in [4.78, 5) is 29.2. The van der Waals surface area contributed by atoms with E-state index >= 15 is 0 Å². The third-order valence-electron chi connectivity index (χ3n) is 3.64. The number of likely N-dealkylation sites (N-methyl/N-ethyl adjacent to an activating group) is 1. The zero-order valence-corrected chi connectivity index (χ0v) is 15.9. The number of rotatable bonds is 8. The largest absolute Gasteiger partial charge is 0.462 e. The first-order valence-electron chi connectivity index (χ1n) is 8.23. The van der Waals surface area contributed by atoms with Crippen molar-refractivity contribution in [3.05, 3.63) is 59.9 Å². The molecule has 9 heteroatoms. The Morgan fingerprint density at radius 1 is 1.22 bits per heavy atom. The highest BCUT2D eigenvalue weighted by molar-refractivity contribution is 7.89. The van der Waals surface area contributed by atoms with E-state index < -0.39 is 28.4 Å². The van der Waals surface area contributed by atoms with E-state index in [9.17, 15) is 18.0 Å². The molecule has 27 heavy (non-hydrogen) atoms. The summed E-state index contributed by atoms with van der Waals surface area (Å²) in [5.74, 6) is -1.01. The van der Waals surface area contributed by atoms with Crippen molar-refractivity contribution in [2.75, 3.05) is 20.2 Å². The molecular weight excluding hydrogens is 370 g/mol. The van der Waals surface area contributed by atoms with E-state index in [2.05, 4.69) is 9.71 Å². The van der Waals surface area contributed by atoms with E-state index in [-0.39, 0.29) is 17.1 Å². The van der Waals surface area contributed by atoms with Gasteiger partial charge in [-0.15, -0.1) is 0 Å². The molecule has 0 aliphatic carbocycles. The third kappa shape index (κ3) is 5.87. The molecule has 0 aliphatic heterocycles. The number of esters is 1. The molecule has 1 aromatic carbocycles. The lowest BCUT2D eigenvalue weighted by atomic mass is 10.2. The molecule has 1 amide bonds. The number of hydrogen-bond acceptors (Lipinski definition) is 6. The fourth-order valence-electron chi connectivity index (χ4n) is 2.23. The number of amides is 1. The van der Waals surface area contributed by atoms with Crippen molar-refractivity contribution in [3.63, 3.8) is 0 Å². The normalized spacial score (nSPS) is 11.0. The Morgan fingerprint density at radius 3 is 2.67 bits per heavy atom. The van der Waals surface area contributed by atoms with Crippen molar-refractivity contribution in [1.29, 1.82) is 0 Å². The van der Waals surface area contributed by atoms with Gasteiger partial charge < -0.3 is 9.64 Å². The summed E-state index contributed by atoms with van der Waals surface area (Å²) in [5.41, 5.74) is 0.957. The second-order valence-electron chi connectivity index (χ2n) is 5.68. The Balaban J connectivity index is 2.00. The Kier molecular flexibility index (Phi) is 7.03. The molecule has 1 aromatic heterocycles. The average Bonchev–Trinajstić information content (AvgIpc) is 2.67. The van der Waals surface area contributed by atoms with Gasteiger partial charge in [-0.2, -0.15) is 0 Å². The van der Waals surface area contributed by atoms with Crippen LogP contribution in [-0.4, -0.2) is 50.4 Å². The molecule has 0 bridgehead atoms. The molecule has 0 unspecified atom stereocenters. The van der Waals surface area contributed by atoms with E-state index in [1.54, 1.807) is 32.4 Å². The first-order chi connectivity index (χ1) is 12.8. The molecule has 0 spiro atoms. The number of sulfonamides is 1. The number of pyridine rings is 1. The molecule has 2 aromatic rings. The van der Waals surface area contributed by atoms with Crippen molar-refractivity contribution < 1.29 is 22.7 Å². The number of ether oxygens (including phenoxy) is 1. The minimum atomic E-state index is -3.95. The average molecular weight is 391 g/mol. The van der Waals surface area contributed by atoms with Crippen LogP contribution in [0, 0.1) is 0 Å². The SMILES string of the molecule is CCOC(=O)c1cccc(S(=O)(=O)NCC(=O)N(C)Cc2cccnc2)c1.